The molecule has 1 aromatic carbocycles. The molecule has 4 heteroatoms. The number of hydrogen-bond donors (Lipinski definition) is 2. The van der Waals surface area contributed by atoms with E-state index in [1.165, 1.54) is 0 Å². The number of para-hydroxylation sites is 1. The van der Waals surface area contributed by atoms with Gasteiger partial charge in [-0.2, -0.15) is 0 Å². The van der Waals surface area contributed by atoms with Crippen LogP contribution in [0.2, 0.25) is 0 Å². The lowest BCUT2D eigenvalue weighted by Gasteiger charge is -2.21. The summed E-state index contributed by atoms with van der Waals surface area (Å²) in [6.07, 6.45) is 0.0671. The van der Waals surface area contributed by atoms with E-state index in [0.717, 1.165) is 12.1 Å². The summed E-state index contributed by atoms with van der Waals surface area (Å²) in [5.74, 6) is 0. The van der Waals surface area contributed by atoms with E-state index >= 15 is 0 Å². The standard InChI is InChI=1S/C6H13NO2.C6H7N/c1-4-6(2,3)9-5(7)8;7-6-4-2-1-3-5-6/h4H2,1-3H3,(H2,7,8);1-5H,7H2. The fourth-order valence-corrected chi connectivity index (χ4v) is 0.798. The first kappa shape index (κ1) is 14.3. The molecule has 0 fully saturated rings. The Morgan fingerprint density at radius 2 is 1.81 bits per heavy atom. The number of nitrogens with two attached hydrogens (primary N) is 2. The number of nitrogen functional groups attached to an aromatic ring is 1. The van der Waals surface area contributed by atoms with E-state index in [9.17, 15) is 4.79 Å². The van der Waals surface area contributed by atoms with E-state index < -0.39 is 11.7 Å². The van der Waals surface area contributed by atoms with Crippen LogP contribution in [0.15, 0.2) is 30.3 Å². The van der Waals surface area contributed by atoms with Crippen LogP contribution in [0.4, 0.5) is 10.5 Å². The number of carbonyl (C=O) groups is 1. The Kier molecular flexibility index (Phi) is 6.00. The highest BCUT2D eigenvalue weighted by Gasteiger charge is 2.17. The number of anilines is 1. The van der Waals surface area contributed by atoms with Gasteiger partial charge in [-0.25, -0.2) is 4.79 Å². The van der Waals surface area contributed by atoms with E-state index in [0.29, 0.717) is 0 Å². The molecule has 0 aliphatic carbocycles. The first-order valence-corrected chi connectivity index (χ1v) is 5.16. The lowest BCUT2D eigenvalue weighted by Crippen LogP contribution is -2.30. The van der Waals surface area contributed by atoms with Crippen LogP contribution in [0.1, 0.15) is 27.2 Å². The highest BCUT2D eigenvalue weighted by atomic mass is 16.6. The van der Waals surface area contributed by atoms with Crippen LogP contribution in [0, 0.1) is 0 Å². The normalized spacial score (nSPS) is 9.94. The number of amides is 1. The molecule has 0 unspecified atom stereocenters. The minimum atomic E-state index is -0.707. The molecule has 0 spiro atoms. The van der Waals surface area contributed by atoms with Crippen molar-refractivity contribution in [3.8, 4) is 0 Å². The summed E-state index contributed by atoms with van der Waals surface area (Å²) in [5.41, 5.74) is 10.6. The Morgan fingerprint density at radius 3 is 2.00 bits per heavy atom. The molecule has 0 aliphatic rings. The predicted molar refractivity (Wildman–Crippen MR) is 65.9 cm³/mol. The SMILES string of the molecule is CCC(C)(C)OC(N)=O.Nc1ccccc1. The maximum Gasteiger partial charge on any atom is 0.405 e. The van der Waals surface area contributed by atoms with Gasteiger partial charge < -0.3 is 16.2 Å². The lowest BCUT2D eigenvalue weighted by molar-refractivity contribution is 0.0429. The highest BCUT2D eigenvalue weighted by Crippen LogP contribution is 2.12. The Balaban J connectivity index is 0.000000288. The van der Waals surface area contributed by atoms with Crippen LogP contribution in [0.5, 0.6) is 0 Å². The average Bonchev–Trinajstić information content (AvgIpc) is 2.18. The van der Waals surface area contributed by atoms with Crippen molar-refractivity contribution in [2.24, 2.45) is 5.73 Å². The number of hydrogen-bond acceptors (Lipinski definition) is 3. The van der Waals surface area contributed by atoms with Crippen molar-refractivity contribution in [2.45, 2.75) is 32.8 Å². The maximum atomic E-state index is 10.2. The second-order valence-corrected chi connectivity index (χ2v) is 3.95. The summed E-state index contributed by atoms with van der Waals surface area (Å²) in [4.78, 5) is 10.2. The Hall–Kier alpha value is -1.71. The van der Waals surface area contributed by atoms with E-state index in [4.69, 9.17) is 16.2 Å². The number of rotatable bonds is 2. The minimum Gasteiger partial charge on any atom is -0.444 e. The van der Waals surface area contributed by atoms with Gasteiger partial charge in [-0.3, -0.25) is 0 Å². The lowest BCUT2D eigenvalue weighted by atomic mass is 10.1. The van der Waals surface area contributed by atoms with Crippen LogP contribution >= 0.6 is 0 Å². The molecule has 1 aromatic rings. The molecule has 4 N–H and O–H groups in total. The van der Waals surface area contributed by atoms with Gasteiger partial charge in [-0.1, -0.05) is 25.1 Å². The summed E-state index contributed by atoms with van der Waals surface area (Å²) in [5, 5.41) is 0. The molecule has 16 heavy (non-hydrogen) atoms. The largest absolute Gasteiger partial charge is 0.444 e. The van der Waals surface area contributed by atoms with Crippen molar-refractivity contribution < 1.29 is 9.53 Å². The minimum absolute atomic E-state index is 0.411. The molecule has 0 saturated heterocycles. The number of primary amides is 1. The van der Waals surface area contributed by atoms with Crippen LogP contribution in [0.25, 0.3) is 0 Å². The summed E-state index contributed by atoms with van der Waals surface area (Å²) in [6, 6.07) is 9.49. The molecule has 0 aliphatic heterocycles. The molecule has 90 valence electrons. The van der Waals surface area contributed by atoms with Crippen LogP contribution in [-0.2, 0) is 4.74 Å². The van der Waals surface area contributed by atoms with Gasteiger partial charge in [0.2, 0.25) is 0 Å². The van der Waals surface area contributed by atoms with Gasteiger partial charge in [0.1, 0.15) is 5.60 Å². The number of carbonyl (C=O) groups excluding carboxylic acids is 1. The first-order valence-electron chi connectivity index (χ1n) is 5.16. The summed E-state index contributed by atoms with van der Waals surface area (Å²) < 4.78 is 4.73. The number of ether oxygens (including phenoxy) is 1. The van der Waals surface area contributed by atoms with Gasteiger partial charge in [-0.15, -0.1) is 0 Å². The van der Waals surface area contributed by atoms with E-state index in [1.807, 2.05) is 51.1 Å². The van der Waals surface area contributed by atoms with Crippen molar-refractivity contribution in [1.82, 2.24) is 0 Å². The monoisotopic (exact) mass is 224 g/mol. The summed E-state index contributed by atoms with van der Waals surface area (Å²) in [6.45, 7) is 5.57. The zero-order valence-corrected chi connectivity index (χ0v) is 10.1. The van der Waals surface area contributed by atoms with Gasteiger partial charge in [0, 0.05) is 5.69 Å². The van der Waals surface area contributed by atoms with Crippen LogP contribution in [-0.4, -0.2) is 11.7 Å². The smallest absolute Gasteiger partial charge is 0.405 e. The fraction of sp³-hybridized carbons (Fsp3) is 0.417. The summed E-state index contributed by atoms with van der Waals surface area (Å²) in [7, 11) is 0. The van der Waals surface area contributed by atoms with Crippen molar-refractivity contribution in [3.05, 3.63) is 30.3 Å². The quantitative estimate of drug-likeness (QED) is 0.758. The molecule has 1 rings (SSSR count). The molecule has 0 bridgehead atoms. The zero-order valence-electron chi connectivity index (χ0n) is 10.1. The molecule has 0 atom stereocenters. The topological polar surface area (TPSA) is 78.3 Å². The molecule has 0 aromatic heterocycles. The van der Waals surface area contributed by atoms with Crippen molar-refractivity contribution >= 4 is 11.8 Å². The average molecular weight is 224 g/mol. The van der Waals surface area contributed by atoms with E-state index in [1.54, 1.807) is 0 Å². The second-order valence-electron chi connectivity index (χ2n) is 3.95. The van der Waals surface area contributed by atoms with Gasteiger partial charge in [0.05, 0.1) is 0 Å². The molecule has 4 nitrogen and oxygen atoms in total. The molecule has 0 heterocycles. The van der Waals surface area contributed by atoms with Gasteiger partial charge in [-0.05, 0) is 32.4 Å². The third-order valence-electron chi connectivity index (χ3n) is 2.03. The van der Waals surface area contributed by atoms with E-state index in [-0.39, 0.29) is 0 Å². The fourth-order valence-electron chi connectivity index (χ4n) is 0.798. The Morgan fingerprint density at radius 1 is 1.31 bits per heavy atom. The van der Waals surface area contributed by atoms with Crippen LogP contribution < -0.4 is 11.5 Å². The molecular formula is C12H20N2O2. The third-order valence-corrected chi connectivity index (χ3v) is 2.03. The van der Waals surface area contributed by atoms with Gasteiger partial charge in [0.25, 0.3) is 0 Å². The molecule has 1 amide bonds. The summed E-state index contributed by atoms with van der Waals surface area (Å²) >= 11 is 0. The predicted octanol–water partition coefficient (Wildman–Crippen LogP) is 2.54. The van der Waals surface area contributed by atoms with Crippen molar-refractivity contribution in [3.63, 3.8) is 0 Å². The Bertz CT molecular complexity index is 310. The van der Waals surface area contributed by atoms with Crippen molar-refractivity contribution in [2.75, 3.05) is 5.73 Å². The third kappa shape index (κ3) is 7.67. The Labute approximate surface area is 96.6 Å². The van der Waals surface area contributed by atoms with E-state index in [2.05, 4.69) is 0 Å². The highest BCUT2D eigenvalue weighted by molar-refractivity contribution is 5.65. The molecular weight excluding hydrogens is 204 g/mol. The maximum absolute atomic E-state index is 10.2. The molecule has 0 saturated carbocycles. The second kappa shape index (κ2) is 6.71. The first-order chi connectivity index (χ1) is 7.37. The zero-order chi connectivity index (χ0) is 12.6. The van der Waals surface area contributed by atoms with Crippen molar-refractivity contribution in [1.29, 1.82) is 0 Å². The van der Waals surface area contributed by atoms with Gasteiger partial charge >= 0.3 is 6.09 Å². The van der Waals surface area contributed by atoms with Gasteiger partial charge in [0.15, 0.2) is 0 Å². The van der Waals surface area contributed by atoms with Crippen LogP contribution in [0.3, 0.4) is 0 Å². The number of benzene rings is 1. The molecule has 0 radical (unpaired) electrons.